The molecule has 2 aromatic rings. The first kappa shape index (κ1) is 11.9. The molecule has 1 aliphatic carbocycles. The molecule has 5 nitrogen and oxygen atoms in total. The standard InChI is InChI=1S/C15H19N5/c1-5-13-14(6-1)16-11-17-15(13)20-9-2-4-12(20)10-19-8-3-7-18-19/h3,7-8,11-12H,1-2,4-6,9-10H2/t12-/m0/s1. The summed E-state index contributed by atoms with van der Waals surface area (Å²) < 4.78 is 2.03. The second kappa shape index (κ2) is 4.89. The molecule has 20 heavy (non-hydrogen) atoms. The maximum Gasteiger partial charge on any atom is 0.135 e. The molecule has 1 saturated heterocycles. The summed E-state index contributed by atoms with van der Waals surface area (Å²) in [5.41, 5.74) is 2.65. The summed E-state index contributed by atoms with van der Waals surface area (Å²) >= 11 is 0. The fourth-order valence-corrected chi connectivity index (χ4v) is 3.52. The molecule has 2 aromatic heterocycles. The van der Waals surface area contributed by atoms with Crippen molar-refractivity contribution in [2.24, 2.45) is 0 Å². The number of nitrogens with zero attached hydrogens (tertiary/aromatic N) is 5. The number of anilines is 1. The molecule has 3 heterocycles. The van der Waals surface area contributed by atoms with Gasteiger partial charge in [-0.25, -0.2) is 9.97 Å². The lowest BCUT2D eigenvalue weighted by Gasteiger charge is -2.27. The van der Waals surface area contributed by atoms with Crippen molar-refractivity contribution >= 4 is 5.82 Å². The maximum atomic E-state index is 4.60. The first-order chi connectivity index (χ1) is 9.92. The quantitative estimate of drug-likeness (QED) is 0.853. The fraction of sp³-hybridized carbons (Fsp3) is 0.533. The van der Waals surface area contributed by atoms with Gasteiger partial charge in [-0.2, -0.15) is 5.10 Å². The van der Waals surface area contributed by atoms with Crippen LogP contribution >= 0.6 is 0 Å². The van der Waals surface area contributed by atoms with Crippen LogP contribution in [0.15, 0.2) is 24.8 Å². The SMILES string of the molecule is c1cnn(C[C@@H]2CCCN2c2ncnc3c2CCC3)c1. The van der Waals surface area contributed by atoms with Gasteiger partial charge in [0.2, 0.25) is 0 Å². The van der Waals surface area contributed by atoms with Crippen molar-refractivity contribution in [3.05, 3.63) is 36.0 Å². The summed E-state index contributed by atoms with van der Waals surface area (Å²) in [6.45, 7) is 2.06. The molecular formula is C15H19N5. The average Bonchev–Trinajstić information content (AvgIpc) is 3.19. The monoisotopic (exact) mass is 269 g/mol. The highest BCUT2D eigenvalue weighted by Gasteiger charge is 2.29. The van der Waals surface area contributed by atoms with Crippen LogP contribution in [0.4, 0.5) is 5.82 Å². The molecule has 4 rings (SSSR count). The Morgan fingerprint density at radius 1 is 1.20 bits per heavy atom. The van der Waals surface area contributed by atoms with Crippen LogP contribution < -0.4 is 4.90 Å². The number of hydrogen-bond acceptors (Lipinski definition) is 4. The topological polar surface area (TPSA) is 46.8 Å². The Balaban J connectivity index is 1.62. The lowest BCUT2D eigenvalue weighted by atomic mass is 10.2. The number of aromatic nitrogens is 4. The number of hydrogen-bond donors (Lipinski definition) is 0. The third kappa shape index (κ3) is 1.97. The molecule has 5 heteroatoms. The second-order valence-electron chi connectivity index (χ2n) is 5.69. The number of fused-ring (bicyclic) bond motifs is 1. The van der Waals surface area contributed by atoms with Gasteiger partial charge in [0, 0.05) is 30.2 Å². The summed E-state index contributed by atoms with van der Waals surface area (Å²) in [6, 6.07) is 2.50. The second-order valence-corrected chi connectivity index (χ2v) is 5.69. The van der Waals surface area contributed by atoms with Gasteiger partial charge in [-0.05, 0) is 38.2 Å². The number of rotatable bonds is 3. The largest absolute Gasteiger partial charge is 0.351 e. The Bertz CT molecular complexity index is 592. The summed E-state index contributed by atoms with van der Waals surface area (Å²) in [4.78, 5) is 11.5. The van der Waals surface area contributed by atoms with Gasteiger partial charge < -0.3 is 4.90 Å². The zero-order chi connectivity index (χ0) is 13.4. The molecule has 1 fully saturated rings. The molecule has 0 unspecified atom stereocenters. The number of aryl methyl sites for hydroxylation is 1. The predicted molar refractivity (Wildman–Crippen MR) is 76.7 cm³/mol. The van der Waals surface area contributed by atoms with E-state index in [9.17, 15) is 0 Å². The predicted octanol–water partition coefficient (Wildman–Crippen LogP) is 1.83. The van der Waals surface area contributed by atoms with Crippen LogP contribution in [0.1, 0.15) is 30.5 Å². The van der Waals surface area contributed by atoms with Crippen LogP contribution in [-0.2, 0) is 19.4 Å². The summed E-state index contributed by atoms with van der Waals surface area (Å²) in [7, 11) is 0. The summed E-state index contributed by atoms with van der Waals surface area (Å²) in [5, 5.41) is 4.34. The van der Waals surface area contributed by atoms with E-state index in [2.05, 4.69) is 20.0 Å². The van der Waals surface area contributed by atoms with Crippen LogP contribution in [0.25, 0.3) is 0 Å². The molecule has 104 valence electrons. The van der Waals surface area contributed by atoms with E-state index in [4.69, 9.17) is 0 Å². The molecule has 0 spiro atoms. The van der Waals surface area contributed by atoms with Crippen molar-refractivity contribution in [2.75, 3.05) is 11.4 Å². The van der Waals surface area contributed by atoms with Gasteiger partial charge in [-0.15, -0.1) is 0 Å². The van der Waals surface area contributed by atoms with Gasteiger partial charge >= 0.3 is 0 Å². The maximum absolute atomic E-state index is 4.60. The van der Waals surface area contributed by atoms with Crippen LogP contribution in [0.3, 0.4) is 0 Å². The van der Waals surface area contributed by atoms with Crippen LogP contribution in [0, 0.1) is 0 Å². The molecule has 0 aromatic carbocycles. The van der Waals surface area contributed by atoms with E-state index in [1.807, 2.05) is 23.1 Å². The minimum absolute atomic E-state index is 0.509. The van der Waals surface area contributed by atoms with E-state index in [1.54, 1.807) is 6.33 Å². The third-order valence-corrected chi connectivity index (χ3v) is 4.46. The Hall–Kier alpha value is -1.91. The summed E-state index contributed by atoms with van der Waals surface area (Å²) in [6.07, 6.45) is 11.6. The summed E-state index contributed by atoms with van der Waals surface area (Å²) in [5.74, 6) is 1.18. The Morgan fingerprint density at radius 3 is 3.10 bits per heavy atom. The Kier molecular flexibility index (Phi) is 2.90. The van der Waals surface area contributed by atoms with E-state index >= 15 is 0 Å². The van der Waals surface area contributed by atoms with Crippen molar-refractivity contribution in [2.45, 2.75) is 44.7 Å². The van der Waals surface area contributed by atoms with Crippen molar-refractivity contribution in [3.63, 3.8) is 0 Å². The highest BCUT2D eigenvalue weighted by atomic mass is 15.3. The van der Waals surface area contributed by atoms with Crippen molar-refractivity contribution < 1.29 is 0 Å². The minimum Gasteiger partial charge on any atom is -0.351 e. The van der Waals surface area contributed by atoms with Gasteiger partial charge in [-0.1, -0.05) is 0 Å². The highest BCUT2D eigenvalue weighted by molar-refractivity contribution is 5.52. The van der Waals surface area contributed by atoms with Crippen LogP contribution in [0.5, 0.6) is 0 Å². The normalized spacial score (nSPS) is 21.4. The molecule has 0 saturated carbocycles. The molecule has 0 radical (unpaired) electrons. The van der Waals surface area contributed by atoms with Gasteiger partial charge in [0.15, 0.2) is 0 Å². The zero-order valence-electron chi connectivity index (χ0n) is 11.6. The van der Waals surface area contributed by atoms with Gasteiger partial charge in [0.25, 0.3) is 0 Å². The van der Waals surface area contributed by atoms with E-state index in [0.717, 1.165) is 25.9 Å². The fourth-order valence-electron chi connectivity index (χ4n) is 3.52. The smallest absolute Gasteiger partial charge is 0.135 e. The molecule has 2 aliphatic rings. The lowest BCUT2D eigenvalue weighted by Crippen LogP contribution is -2.34. The average molecular weight is 269 g/mol. The van der Waals surface area contributed by atoms with Gasteiger partial charge in [0.1, 0.15) is 12.1 Å². The molecule has 1 aliphatic heterocycles. The first-order valence-electron chi connectivity index (χ1n) is 7.48. The molecule has 0 amide bonds. The van der Waals surface area contributed by atoms with E-state index in [1.165, 1.54) is 36.3 Å². The molecule has 1 atom stereocenters. The van der Waals surface area contributed by atoms with Crippen molar-refractivity contribution in [1.29, 1.82) is 0 Å². The molecule has 0 bridgehead atoms. The zero-order valence-corrected chi connectivity index (χ0v) is 11.6. The Morgan fingerprint density at radius 2 is 2.20 bits per heavy atom. The van der Waals surface area contributed by atoms with Gasteiger partial charge in [0.05, 0.1) is 12.6 Å². The highest BCUT2D eigenvalue weighted by Crippen LogP contribution is 2.32. The Labute approximate surface area is 118 Å². The lowest BCUT2D eigenvalue weighted by molar-refractivity contribution is 0.506. The van der Waals surface area contributed by atoms with Gasteiger partial charge in [-0.3, -0.25) is 4.68 Å². The molecular weight excluding hydrogens is 250 g/mol. The van der Waals surface area contributed by atoms with Crippen molar-refractivity contribution in [3.8, 4) is 0 Å². The van der Waals surface area contributed by atoms with E-state index in [-0.39, 0.29) is 0 Å². The van der Waals surface area contributed by atoms with Crippen LogP contribution in [0.2, 0.25) is 0 Å². The van der Waals surface area contributed by atoms with Crippen LogP contribution in [-0.4, -0.2) is 32.3 Å². The van der Waals surface area contributed by atoms with E-state index < -0.39 is 0 Å². The first-order valence-corrected chi connectivity index (χ1v) is 7.48. The van der Waals surface area contributed by atoms with Crippen molar-refractivity contribution in [1.82, 2.24) is 19.7 Å². The van der Waals surface area contributed by atoms with E-state index in [0.29, 0.717) is 6.04 Å². The molecule has 0 N–H and O–H groups in total. The third-order valence-electron chi connectivity index (χ3n) is 4.46. The minimum atomic E-state index is 0.509.